The number of aryl methyl sites for hydroxylation is 1. The molecule has 0 saturated heterocycles. The third-order valence-electron chi connectivity index (χ3n) is 4.19. The van der Waals surface area contributed by atoms with Crippen molar-refractivity contribution < 1.29 is 22.8 Å². The van der Waals surface area contributed by atoms with E-state index in [1.54, 1.807) is 23.9 Å². The average Bonchev–Trinajstić information content (AvgIpc) is 3.13. The van der Waals surface area contributed by atoms with Crippen molar-refractivity contribution in [1.82, 2.24) is 20.2 Å². The standard InChI is InChI=1S/C20H18F3N5O2/c1-28-8-7-24-19(28)18(12-3-2-4-13(21)9-12)27-20(30)25-11-17(29)26-14-5-6-15(22)16(23)10-14/h2-10,18H,11H2,1H3,(H,26,29)(H2,25,27,30). The summed E-state index contributed by atoms with van der Waals surface area (Å²) >= 11 is 0. The normalized spacial score (nSPS) is 11.6. The summed E-state index contributed by atoms with van der Waals surface area (Å²) in [4.78, 5) is 28.5. The van der Waals surface area contributed by atoms with Crippen molar-refractivity contribution in [2.24, 2.45) is 7.05 Å². The molecule has 1 heterocycles. The summed E-state index contributed by atoms with van der Waals surface area (Å²) in [5.41, 5.74) is 0.512. The molecular weight excluding hydrogens is 399 g/mol. The first-order valence-corrected chi connectivity index (χ1v) is 8.85. The first-order chi connectivity index (χ1) is 14.3. The molecule has 0 radical (unpaired) electrons. The van der Waals surface area contributed by atoms with E-state index in [4.69, 9.17) is 0 Å². The molecule has 10 heteroatoms. The van der Waals surface area contributed by atoms with Crippen molar-refractivity contribution in [2.75, 3.05) is 11.9 Å². The maximum atomic E-state index is 13.7. The highest BCUT2D eigenvalue weighted by Crippen LogP contribution is 2.21. The summed E-state index contributed by atoms with van der Waals surface area (Å²) in [6.45, 7) is -0.429. The Balaban J connectivity index is 1.64. The largest absolute Gasteiger partial charge is 0.336 e. The van der Waals surface area contributed by atoms with Gasteiger partial charge in [0.15, 0.2) is 11.6 Å². The highest BCUT2D eigenvalue weighted by Gasteiger charge is 2.21. The fourth-order valence-corrected chi connectivity index (χ4v) is 2.76. The number of carbonyl (C=O) groups excluding carboxylic acids is 2. The molecule has 1 unspecified atom stereocenters. The summed E-state index contributed by atoms with van der Waals surface area (Å²) in [5, 5.41) is 7.35. The number of amides is 3. The smallest absolute Gasteiger partial charge is 0.316 e. The summed E-state index contributed by atoms with van der Waals surface area (Å²) in [6.07, 6.45) is 3.22. The summed E-state index contributed by atoms with van der Waals surface area (Å²) in [5.74, 6) is -2.80. The molecule has 3 rings (SSSR count). The molecule has 1 atom stereocenters. The highest BCUT2D eigenvalue weighted by atomic mass is 19.2. The van der Waals surface area contributed by atoms with E-state index in [1.807, 2.05) is 0 Å². The highest BCUT2D eigenvalue weighted by molar-refractivity contribution is 5.94. The van der Waals surface area contributed by atoms with Gasteiger partial charge in [0.1, 0.15) is 17.7 Å². The predicted molar refractivity (Wildman–Crippen MR) is 103 cm³/mol. The minimum Gasteiger partial charge on any atom is -0.336 e. The number of anilines is 1. The fourth-order valence-electron chi connectivity index (χ4n) is 2.76. The van der Waals surface area contributed by atoms with Crippen molar-refractivity contribution in [3.05, 3.63) is 83.7 Å². The maximum Gasteiger partial charge on any atom is 0.316 e. The predicted octanol–water partition coefficient (Wildman–Crippen LogP) is 2.86. The van der Waals surface area contributed by atoms with Gasteiger partial charge in [0.25, 0.3) is 0 Å². The molecule has 0 bridgehead atoms. The lowest BCUT2D eigenvalue weighted by molar-refractivity contribution is -0.115. The molecule has 3 amide bonds. The van der Waals surface area contributed by atoms with Gasteiger partial charge in [-0.05, 0) is 29.8 Å². The van der Waals surface area contributed by atoms with Gasteiger partial charge in [-0.25, -0.2) is 22.9 Å². The van der Waals surface area contributed by atoms with Crippen molar-refractivity contribution in [3.8, 4) is 0 Å². The van der Waals surface area contributed by atoms with E-state index in [0.29, 0.717) is 11.4 Å². The van der Waals surface area contributed by atoms with Crippen LogP contribution in [0.4, 0.5) is 23.7 Å². The van der Waals surface area contributed by atoms with Crippen LogP contribution in [0.25, 0.3) is 0 Å². The molecule has 156 valence electrons. The van der Waals surface area contributed by atoms with Crippen LogP contribution < -0.4 is 16.0 Å². The Morgan fingerprint density at radius 3 is 2.57 bits per heavy atom. The summed E-state index contributed by atoms with van der Waals surface area (Å²) in [7, 11) is 1.73. The van der Waals surface area contributed by atoms with Crippen LogP contribution >= 0.6 is 0 Å². The topological polar surface area (TPSA) is 88.1 Å². The zero-order chi connectivity index (χ0) is 21.7. The Bertz CT molecular complexity index is 1070. The minimum absolute atomic E-state index is 0.0479. The van der Waals surface area contributed by atoms with Crippen LogP contribution in [0.1, 0.15) is 17.4 Å². The van der Waals surface area contributed by atoms with Crippen molar-refractivity contribution >= 4 is 17.6 Å². The molecule has 0 saturated carbocycles. The second kappa shape index (κ2) is 9.12. The van der Waals surface area contributed by atoms with E-state index < -0.39 is 42.0 Å². The summed E-state index contributed by atoms with van der Waals surface area (Å²) in [6, 6.07) is 7.13. The van der Waals surface area contributed by atoms with E-state index in [9.17, 15) is 22.8 Å². The van der Waals surface area contributed by atoms with Crippen LogP contribution in [0.15, 0.2) is 54.9 Å². The molecule has 7 nitrogen and oxygen atoms in total. The first kappa shape index (κ1) is 20.9. The van der Waals surface area contributed by atoms with Crippen LogP contribution in [0.2, 0.25) is 0 Å². The zero-order valence-electron chi connectivity index (χ0n) is 15.8. The Morgan fingerprint density at radius 1 is 1.10 bits per heavy atom. The van der Waals surface area contributed by atoms with E-state index in [1.165, 1.54) is 30.5 Å². The van der Waals surface area contributed by atoms with Gasteiger partial charge in [0, 0.05) is 31.2 Å². The number of rotatable bonds is 6. The van der Waals surface area contributed by atoms with Gasteiger partial charge >= 0.3 is 6.03 Å². The molecule has 0 spiro atoms. The maximum absolute atomic E-state index is 13.7. The fraction of sp³-hybridized carbons (Fsp3) is 0.150. The number of carbonyl (C=O) groups is 2. The number of aromatic nitrogens is 2. The van der Waals surface area contributed by atoms with E-state index >= 15 is 0 Å². The van der Waals surface area contributed by atoms with Gasteiger partial charge < -0.3 is 20.5 Å². The van der Waals surface area contributed by atoms with Gasteiger partial charge in [-0.2, -0.15) is 0 Å². The second-order valence-corrected chi connectivity index (χ2v) is 6.39. The lowest BCUT2D eigenvalue weighted by Gasteiger charge is -2.19. The molecule has 0 aliphatic heterocycles. The van der Waals surface area contributed by atoms with E-state index in [2.05, 4.69) is 20.9 Å². The lowest BCUT2D eigenvalue weighted by atomic mass is 10.1. The van der Waals surface area contributed by atoms with E-state index in [0.717, 1.165) is 12.1 Å². The van der Waals surface area contributed by atoms with Gasteiger partial charge in [-0.15, -0.1) is 0 Å². The number of nitrogens with zero attached hydrogens (tertiary/aromatic N) is 2. The van der Waals surface area contributed by atoms with Crippen LogP contribution in [0, 0.1) is 17.5 Å². The first-order valence-electron chi connectivity index (χ1n) is 8.85. The Hall–Kier alpha value is -3.82. The number of hydrogen-bond donors (Lipinski definition) is 3. The van der Waals surface area contributed by atoms with Gasteiger partial charge in [-0.1, -0.05) is 12.1 Å². The number of hydrogen-bond acceptors (Lipinski definition) is 3. The SMILES string of the molecule is Cn1ccnc1C(NC(=O)NCC(=O)Nc1ccc(F)c(F)c1)c1cccc(F)c1. The third kappa shape index (κ3) is 5.16. The quantitative estimate of drug-likeness (QED) is 0.576. The van der Waals surface area contributed by atoms with Crippen molar-refractivity contribution in [1.29, 1.82) is 0 Å². The van der Waals surface area contributed by atoms with Crippen molar-refractivity contribution in [3.63, 3.8) is 0 Å². The van der Waals surface area contributed by atoms with Gasteiger partial charge in [0.05, 0.1) is 6.54 Å². The molecule has 0 aliphatic rings. The third-order valence-corrected chi connectivity index (χ3v) is 4.19. The molecule has 3 aromatic rings. The average molecular weight is 417 g/mol. The Morgan fingerprint density at radius 2 is 1.90 bits per heavy atom. The molecule has 0 aliphatic carbocycles. The molecule has 2 aromatic carbocycles. The molecule has 1 aromatic heterocycles. The number of imidazole rings is 1. The van der Waals surface area contributed by atoms with Crippen LogP contribution in [-0.4, -0.2) is 28.0 Å². The molecule has 3 N–H and O–H groups in total. The van der Waals surface area contributed by atoms with Crippen LogP contribution in [0.5, 0.6) is 0 Å². The van der Waals surface area contributed by atoms with Crippen LogP contribution in [-0.2, 0) is 11.8 Å². The number of nitrogens with one attached hydrogen (secondary N) is 3. The zero-order valence-corrected chi connectivity index (χ0v) is 15.8. The molecule has 0 fully saturated rings. The lowest BCUT2D eigenvalue weighted by Crippen LogP contribution is -2.42. The van der Waals surface area contributed by atoms with Gasteiger partial charge in [-0.3, -0.25) is 4.79 Å². The second-order valence-electron chi connectivity index (χ2n) is 6.39. The van der Waals surface area contributed by atoms with E-state index in [-0.39, 0.29) is 5.69 Å². The number of halogens is 3. The minimum atomic E-state index is -1.11. The molecular formula is C20H18F3N5O2. The Kier molecular flexibility index (Phi) is 6.35. The van der Waals surface area contributed by atoms with Crippen LogP contribution in [0.3, 0.4) is 0 Å². The monoisotopic (exact) mass is 417 g/mol. The number of urea groups is 1. The van der Waals surface area contributed by atoms with Crippen molar-refractivity contribution in [2.45, 2.75) is 6.04 Å². The molecule has 30 heavy (non-hydrogen) atoms. The summed E-state index contributed by atoms with van der Waals surface area (Å²) < 4.78 is 41.5. The number of benzene rings is 2. The Labute approximate surface area is 169 Å². The van der Waals surface area contributed by atoms with Gasteiger partial charge in [0.2, 0.25) is 5.91 Å².